The zero-order valence-electron chi connectivity index (χ0n) is 8.50. The van der Waals surface area contributed by atoms with Crippen LogP contribution in [0.4, 0.5) is 0 Å². The van der Waals surface area contributed by atoms with Crippen molar-refractivity contribution >= 4 is 10.8 Å². The summed E-state index contributed by atoms with van der Waals surface area (Å²) in [5.74, 6) is 0. The van der Waals surface area contributed by atoms with E-state index in [-0.39, 0.29) is 17.0 Å². The van der Waals surface area contributed by atoms with Crippen LogP contribution in [0.5, 0.6) is 0 Å². The van der Waals surface area contributed by atoms with Crippen molar-refractivity contribution < 1.29 is 21.5 Å². The topological polar surface area (TPSA) is 3.88 Å². The van der Waals surface area contributed by atoms with Crippen LogP contribution < -0.4 is 21.5 Å². The average molecular weight is 252 g/mol. The van der Waals surface area contributed by atoms with E-state index < -0.39 is 0 Å². The Bertz CT molecular complexity index is 437. The number of hydrogen-bond acceptors (Lipinski definition) is 0. The van der Waals surface area contributed by atoms with Crippen molar-refractivity contribution in [3.63, 3.8) is 0 Å². The fourth-order valence-corrected chi connectivity index (χ4v) is 1.68. The van der Waals surface area contributed by atoms with E-state index in [0.29, 0.717) is 0 Å². The van der Waals surface area contributed by atoms with Crippen molar-refractivity contribution in [3.05, 3.63) is 42.2 Å². The number of aryl methyl sites for hydroxylation is 2. The molecule has 2 rings (SSSR count). The first-order valence-corrected chi connectivity index (χ1v) is 4.70. The Labute approximate surface area is 95.2 Å². The van der Waals surface area contributed by atoms with Crippen LogP contribution in [-0.2, 0) is 6.54 Å². The number of hydrogen-bond donors (Lipinski definition) is 0. The van der Waals surface area contributed by atoms with Gasteiger partial charge >= 0.3 is 0 Å². The van der Waals surface area contributed by atoms with Crippen molar-refractivity contribution in [1.82, 2.24) is 0 Å². The van der Waals surface area contributed by atoms with Gasteiger partial charge in [0.05, 0.1) is 0 Å². The van der Waals surface area contributed by atoms with Gasteiger partial charge in [-0.05, 0) is 18.4 Å². The van der Waals surface area contributed by atoms with Crippen LogP contribution >= 0.6 is 0 Å². The van der Waals surface area contributed by atoms with Crippen molar-refractivity contribution in [3.8, 4) is 0 Å². The van der Waals surface area contributed by atoms with Gasteiger partial charge in [0.25, 0.3) is 0 Å². The highest BCUT2D eigenvalue weighted by atomic mass is 79.9. The predicted octanol–water partition coefficient (Wildman–Crippen LogP) is -0.540. The number of nitrogens with zero attached hydrogens (tertiary/aromatic N) is 1. The Morgan fingerprint density at radius 1 is 1.14 bits per heavy atom. The summed E-state index contributed by atoms with van der Waals surface area (Å²) in [7, 11) is 0. The first-order chi connectivity index (χ1) is 6.31. The molecule has 1 aromatic carbocycles. The van der Waals surface area contributed by atoms with Crippen LogP contribution in [0.3, 0.4) is 0 Å². The van der Waals surface area contributed by atoms with Crippen LogP contribution in [0.2, 0.25) is 0 Å². The zero-order chi connectivity index (χ0) is 9.26. The number of benzene rings is 1. The third kappa shape index (κ3) is 1.95. The maximum Gasteiger partial charge on any atom is 0.178 e. The minimum Gasteiger partial charge on any atom is -1.00 e. The molecule has 14 heavy (non-hydrogen) atoms. The van der Waals surface area contributed by atoms with Gasteiger partial charge in [-0.3, -0.25) is 0 Å². The fraction of sp³-hybridized carbons (Fsp3) is 0.250. The fourth-order valence-electron chi connectivity index (χ4n) is 1.68. The van der Waals surface area contributed by atoms with Gasteiger partial charge in [-0.1, -0.05) is 18.2 Å². The van der Waals surface area contributed by atoms with Crippen molar-refractivity contribution in [2.45, 2.75) is 20.4 Å². The van der Waals surface area contributed by atoms with Crippen molar-refractivity contribution in [1.29, 1.82) is 0 Å². The minimum atomic E-state index is 0. The molecule has 0 aliphatic carbocycles. The summed E-state index contributed by atoms with van der Waals surface area (Å²) in [6.45, 7) is 5.36. The van der Waals surface area contributed by atoms with Gasteiger partial charge in [0.2, 0.25) is 0 Å². The highest BCUT2D eigenvalue weighted by molar-refractivity contribution is 5.80. The summed E-state index contributed by atoms with van der Waals surface area (Å²) in [5, 5.41) is 2.64. The van der Waals surface area contributed by atoms with E-state index in [0.717, 1.165) is 6.54 Å². The number of halogens is 1. The van der Waals surface area contributed by atoms with E-state index >= 15 is 0 Å². The highest BCUT2D eigenvalue weighted by Gasteiger charge is 2.04. The number of aromatic nitrogens is 1. The summed E-state index contributed by atoms with van der Waals surface area (Å²) < 4.78 is 2.27. The maximum atomic E-state index is 2.27. The summed E-state index contributed by atoms with van der Waals surface area (Å²) in [4.78, 5) is 0. The van der Waals surface area contributed by atoms with Crippen LogP contribution in [0.1, 0.15) is 12.6 Å². The van der Waals surface area contributed by atoms with Gasteiger partial charge in [-0.2, -0.15) is 0 Å². The Morgan fingerprint density at radius 3 is 2.43 bits per heavy atom. The molecule has 0 saturated carbocycles. The minimum absolute atomic E-state index is 0. The first-order valence-electron chi connectivity index (χ1n) is 4.70. The van der Waals surface area contributed by atoms with E-state index in [1.165, 1.54) is 16.5 Å². The van der Waals surface area contributed by atoms with E-state index in [1.54, 1.807) is 0 Å². The first kappa shape index (κ1) is 11.2. The van der Waals surface area contributed by atoms with E-state index in [1.807, 2.05) is 0 Å². The third-order valence-electron chi connectivity index (χ3n) is 2.45. The molecule has 0 bridgehead atoms. The molecule has 1 aromatic heterocycles. The van der Waals surface area contributed by atoms with Gasteiger partial charge in [-0.25, -0.2) is 4.57 Å². The van der Waals surface area contributed by atoms with Gasteiger partial charge in [0, 0.05) is 18.4 Å². The average Bonchev–Trinajstić information content (AvgIpc) is 2.17. The lowest BCUT2D eigenvalue weighted by Gasteiger charge is -1.99. The second kappa shape index (κ2) is 4.56. The largest absolute Gasteiger partial charge is 1.00 e. The highest BCUT2D eigenvalue weighted by Crippen LogP contribution is 2.11. The lowest BCUT2D eigenvalue weighted by Crippen LogP contribution is -3.00. The lowest BCUT2D eigenvalue weighted by atomic mass is 10.1. The van der Waals surface area contributed by atoms with Crippen LogP contribution in [0.25, 0.3) is 10.8 Å². The van der Waals surface area contributed by atoms with Crippen LogP contribution in [0, 0.1) is 6.92 Å². The monoisotopic (exact) mass is 251 g/mol. The summed E-state index contributed by atoms with van der Waals surface area (Å²) in [6.07, 6.45) is 2.21. The Morgan fingerprint density at radius 2 is 1.79 bits per heavy atom. The van der Waals surface area contributed by atoms with E-state index in [9.17, 15) is 0 Å². The zero-order valence-corrected chi connectivity index (χ0v) is 10.1. The Hall–Kier alpha value is -0.890. The molecule has 0 saturated heterocycles. The van der Waals surface area contributed by atoms with Crippen LogP contribution in [0.15, 0.2) is 36.5 Å². The van der Waals surface area contributed by atoms with Crippen LogP contribution in [-0.4, -0.2) is 0 Å². The molecule has 1 heterocycles. The predicted molar refractivity (Wildman–Crippen MR) is 54.6 cm³/mol. The molecule has 0 atom stereocenters. The van der Waals surface area contributed by atoms with Gasteiger partial charge < -0.3 is 17.0 Å². The summed E-state index contributed by atoms with van der Waals surface area (Å²) in [6, 6.07) is 10.7. The van der Waals surface area contributed by atoms with E-state index in [4.69, 9.17) is 0 Å². The molecular weight excluding hydrogens is 238 g/mol. The molecule has 1 nitrogen and oxygen atoms in total. The molecule has 0 unspecified atom stereocenters. The van der Waals surface area contributed by atoms with Gasteiger partial charge in [0.1, 0.15) is 6.54 Å². The molecule has 0 aliphatic heterocycles. The van der Waals surface area contributed by atoms with Crippen molar-refractivity contribution in [2.24, 2.45) is 0 Å². The van der Waals surface area contributed by atoms with E-state index in [2.05, 4.69) is 54.9 Å². The molecule has 0 spiro atoms. The molecular formula is C12H14BrN. The SMILES string of the molecule is CC[n+]1cc2ccccc2cc1C.[Br-]. The normalized spacial score (nSPS) is 9.86. The standard InChI is InChI=1S/C12H14N.BrH/c1-3-13-9-12-7-5-4-6-11(12)8-10(13)2;/h4-9H,3H2,1-2H3;1H/q+1;/p-1. The Kier molecular flexibility index (Phi) is 3.64. The molecule has 2 heteroatoms. The van der Waals surface area contributed by atoms with Gasteiger partial charge in [0.15, 0.2) is 11.9 Å². The maximum absolute atomic E-state index is 2.27. The molecule has 0 aliphatic rings. The molecule has 2 aromatic rings. The molecule has 0 amide bonds. The quantitative estimate of drug-likeness (QED) is 0.600. The summed E-state index contributed by atoms with van der Waals surface area (Å²) in [5.41, 5.74) is 1.32. The second-order valence-electron chi connectivity index (χ2n) is 3.33. The number of fused-ring (bicyclic) bond motifs is 1. The van der Waals surface area contributed by atoms with Crippen molar-refractivity contribution in [2.75, 3.05) is 0 Å². The molecule has 0 radical (unpaired) electrons. The number of pyridine rings is 1. The molecule has 74 valence electrons. The molecule has 0 fully saturated rings. The van der Waals surface area contributed by atoms with Gasteiger partial charge in [-0.15, -0.1) is 0 Å². The number of rotatable bonds is 1. The summed E-state index contributed by atoms with van der Waals surface area (Å²) >= 11 is 0. The Balaban J connectivity index is 0.000000980. The smallest absolute Gasteiger partial charge is 0.178 e. The third-order valence-corrected chi connectivity index (χ3v) is 2.45. The molecule has 0 N–H and O–H groups in total. The lowest BCUT2D eigenvalue weighted by molar-refractivity contribution is -0.698. The second-order valence-corrected chi connectivity index (χ2v) is 3.33.